The van der Waals surface area contributed by atoms with Crippen LogP contribution >= 0.6 is 0 Å². The fourth-order valence-electron chi connectivity index (χ4n) is 2.97. The molecule has 2 amide bonds. The van der Waals surface area contributed by atoms with Crippen molar-refractivity contribution >= 4 is 11.8 Å². The molecule has 0 aromatic carbocycles. The molecular weight excluding hydrogens is 292 g/mol. The molecule has 0 radical (unpaired) electrons. The standard InChI is InChI=1S/C17H28N4O2/c1-6-23-14-10-13(17(14,2)3)20-16(22)19-11-12-8-7-9-18-15(12)21(4)5/h7-9,13-14H,6,10-11H2,1-5H3,(H2,19,20,22)/t13-,14-/m1/s1. The number of nitrogens with one attached hydrogen (secondary N) is 2. The normalized spacial score (nSPS) is 22.1. The average Bonchev–Trinajstić information content (AvgIpc) is 2.52. The van der Waals surface area contributed by atoms with Crippen molar-refractivity contribution in [2.24, 2.45) is 5.41 Å². The van der Waals surface area contributed by atoms with E-state index in [9.17, 15) is 4.79 Å². The van der Waals surface area contributed by atoms with Gasteiger partial charge in [0.25, 0.3) is 0 Å². The van der Waals surface area contributed by atoms with Gasteiger partial charge in [0.2, 0.25) is 0 Å². The molecule has 0 unspecified atom stereocenters. The van der Waals surface area contributed by atoms with Crippen molar-refractivity contribution in [3.8, 4) is 0 Å². The summed E-state index contributed by atoms with van der Waals surface area (Å²) < 4.78 is 5.69. The van der Waals surface area contributed by atoms with Gasteiger partial charge in [-0.15, -0.1) is 0 Å². The number of ether oxygens (including phenoxy) is 1. The molecule has 23 heavy (non-hydrogen) atoms. The van der Waals surface area contributed by atoms with Crippen LogP contribution in [0.5, 0.6) is 0 Å². The van der Waals surface area contributed by atoms with Crippen LogP contribution in [0, 0.1) is 5.41 Å². The van der Waals surface area contributed by atoms with Crippen molar-refractivity contribution in [2.75, 3.05) is 25.6 Å². The molecule has 2 atom stereocenters. The summed E-state index contributed by atoms with van der Waals surface area (Å²) >= 11 is 0. The average molecular weight is 320 g/mol. The first-order valence-corrected chi connectivity index (χ1v) is 8.13. The second kappa shape index (κ2) is 7.17. The number of amides is 2. The predicted molar refractivity (Wildman–Crippen MR) is 91.5 cm³/mol. The van der Waals surface area contributed by atoms with Crippen LogP contribution in [0.15, 0.2) is 18.3 Å². The van der Waals surface area contributed by atoms with E-state index in [0.717, 1.165) is 17.8 Å². The summed E-state index contributed by atoms with van der Waals surface area (Å²) in [5.41, 5.74) is 0.962. The minimum absolute atomic E-state index is 0.0313. The lowest BCUT2D eigenvalue weighted by Gasteiger charge is -2.51. The van der Waals surface area contributed by atoms with Crippen molar-refractivity contribution in [1.29, 1.82) is 0 Å². The van der Waals surface area contributed by atoms with E-state index in [0.29, 0.717) is 13.2 Å². The van der Waals surface area contributed by atoms with Gasteiger partial charge < -0.3 is 20.3 Å². The lowest BCUT2D eigenvalue weighted by Crippen LogP contribution is -2.63. The van der Waals surface area contributed by atoms with Gasteiger partial charge in [-0.25, -0.2) is 9.78 Å². The third-order valence-corrected chi connectivity index (χ3v) is 4.58. The number of rotatable bonds is 6. The summed E-state index contributed by atoms with van der Waals surface area (Å²) in [6, 6.07) is 3.85. The first kappa shape index (κ1) is 17.5. The summed E-state index contributed by atoms with van der Waals surface area (Å²) in [6.07, 6.45) is 2.84. The summed E-state index contributed by atoms with van der Waals surface area (Å²) in [5.74, 6) is 0.869. The van der Waals surface area contributed by atoms with Crippen LogP contribution in [0.25, 0.3) is 0 Å². The Bertz CT molecular complexity index is 545. The maximum Gasteiger partial charge on any atom is 0.315 e. The number of carbonyl (C=O) groups excluding carboxylic acids is 1. The Morgan fingerprint density at radius 1 is 1.48 bits per heavy atom. The van der Waals surface area contributed by atoms with Gasteiger partial charge in [-0.1, -0.05) is 19.9 Å². The number of urea groups is 1. The van der Waals surface area contributed by atoms with Crippen LogP contribution in [0.2, 0.25) is 0 Å². The van der Waals surface area contributed by atoms with Crippen molar-refractivity contribution in [1.82, 2.24) is 15.6 Å². The number of hydrogen-bond acceptors (Lipinski definition) is 4. The van der Waals surface area contributed by atoms with E-state index < -0.39 is 0 Å². The second-order valence-electron chi connectivity index (χ2n) is 6.76. The molecule has 1 heterocycles. The minimum atomic E-state index is -0.147. The molecule has 1 fully saturated rings. The highest BCUT2D eigenvalue weighted by molar-refractivity contribution is 5.74. The largest absolute Gasteiger partial charge is 0.378 e. The van der Waals surface area contributed by atoms with Gasteiger partial charge in [0.05, 0.1) is 6.10 Å². The van der Waals surface area contributed by atoms with E-state index >= 15 is 0 Å². The maximum absolute atomic E-state index is 12.2. The molecule has 1 aromatic rings. The van der Waals surface area contributed by atoms with Crippen molar-refractivity contribution in [3.05, 3.63) is 23.9 Å². The smallest absolute Gasteiger partial charge is 0.315 e. The van der Waals surface area contributed by atoms with Gasteiger partial charge in [-0.2, -0.15) is 0 Å². The van der Waals surface area contributed by atoms with Gasteiger partial charge in [0.15, 0.2) is 0 Å². The lowest BCUT2D eigenvalue weighted by molar-refractivity contribution is -0.110. The fourth-order valence-corrected chi connectivity index (χ4v) is 2.97. The minimum Gasteiger partial charge on any atom is -0.378 e. The maximum atomic E-state index is 12.2. The highest BCUT2D eigenvalue weighted by Gasteiger charge is 2.49. The quantitative estimate of drug-likeness (QED) is 0.843. The SMILES string of the molecule is CCO[C@@H]1C[C@@H](NC(=O)NCc2cccnc2N(C)C)C1(C)C. The predicted octanol–water partition coefficient (Wildman–Crippen LogP) is 2.15. The Kier molecular flexibility index (Phi) is 5.46. The summed E-state index contributed by atoms with van der Waals surface area (Å²) in [4.78, 5) is 18.4. The highest BCUT2D eigenvalue weighted by Crippen LogP contribution is 2.42. The Morgan fingerprint density at radius 3 is 2.83 bits per heavy atom. The number of pyridine rings is 1. The van der Waals surface area contributed by atoms with E-state index in [1.807, 2.05) is 38.1 Å². The molecule has 1 aliphatic rings. The van der Waals surface area contributed by atoms with E-state index in [-0.39, 0.29) is 23.6 Å². The molecule has 1 aromatic heterocycles. The van der Waals surface area contributed by atoms with Crippen molar-refractivity contribution in [2.45, 2.75) is 45.9 Å². The van der Waals surface area contributed by atoms with Gasteiger partial charge >= 0.3 is 6.03 Å². The molecule has 0 saturated heterocycles. The number of anilines is 1. The van der Waals surface area contributed by atoms with E-state index in [1.165, 1.54) is 0 Å². The molecule has 128 valence electrons. The number of hydrogen-bond donors (Lipinski definition) is 2. The molecule has 1 aliphatic carbocycles. The van der Waals surface area contributed by atoms with E-state index in [2.05, 4.69) is 29.5 Å². The first-order chi connectivity index (χ1) is 10.9. The molecule has 0 bridgehead atoms. The lowest BCUT2D eigenvalue weighted by atomic mass is 9.64. The van der Waals surface area contributed by atoms with E-state index in [4.69, 9.17) is 4.74 Å². The highest BCUT2D eigenvalue weighted by atomic mass is 16.5. The zero-order chi connectivity index (χ0) is 17.0. The van der Waals surface area contributed by atoms with Crippen LogP contribution in [-0.2, 0) is 11.3 Å². The van der Waals surface area contributed by atoms with Gasteiger partial charge in [0.1, 0.15) is 5.82 Å². The Balaban J connectivity index is 1.85. The summed E-state index contributed by atoms with van der Waals surface area (Å²) in [5, 5.41) is 5.97. The Morgan fingerprint density at radius 2 is 2.22 bits per heavy atom. The third-order valence-electron chi connectivity index (χ3n) is 4.58. The number of nitrogens with zero attached hydrogens (tertiary/aromatic N) is 2. The molecule has 2 N–H and O–H groups in total. The molecular formula is C17H28N4O2. The van der Waals surface area contributed by atoms with Gasteiger partial charge in [-0.05, 0) is 19.4 Å². The van der Waals surface area contributed by atoms with Gasteiger partial charge in [0, 0.05) is 50.5 Å². The van der Waals surface area contributed by atoms with Gasteiger partial charge in [-0.3, -0.25) is 0 Å². The van der Waals surface area contributed by atoms with Crippen molar-refractivity contribution in [3.63, 3.8) is 0 Å². The van der Waals surface area contributed by atoms with Crippen LogP contribution in [0.4, 0.5) is 10.6 Å². The van der Waals surface area contributed by atoms with E-state index in [1.54, 1.807) is 6.20 Å². The van der Waals surface area contributed by atoms with Crippen LogP contribution in [0.1, 0.15) is 32.8 Å². The summed E-state index contributed by atoms with van der Waals surface area (Å²) in [6.45, 7) is 7.43. The molecule has 0 spiro atoms. The van der Waals surface area contributed by atoms with Crippen molar-refractivity contribution < 1.29 is 9.53 Å². The first-order valence-electron chi connectivity index (χ1n) is 8.13. The molecule has 0 aliphatic heterocycles. The van der Waals surface area contributed by atoms with Crippen LogP contribution in [-0.4, -0.2) is 43.9 Å². The second-order valence-corrected chi connectivity index (χ2v) is 6.76. The fraction of sp³-hybridized carbons (Fsp3) is 0.647. The Labute approximate surface area is 138 Å². The molecule has 1 saturated carbocycles. The summed E-state index contributed by atoms with van der Waals surface area (Å²) in [7, 11) is 3.88. The Hall–Kier alpha value is -1.82. The topological polar surface area (TPSA) is 66.5 Å². The molecule has 2 rings (SSSR count). The number of aromatic nitrogens is 1. The monoisotopic (exact) mass is 320 g/mol. The molecule has 6 heteroatoms. The third kappa shape index (κ3) is 3.93. The zero-order valence-electron chi connectivity index (χ0n) is 14.7. The van der Waals surface area contributed by atoms with Crippen LogP contribution in [0.3, 0.4) is 0 Å². The van der Waals surface area contributed by atoms with Crippen LogP contribution < -0.4 is 15.5 Å². The molecule has 6 nitrogen and oxygen atoms in total. The zero-order valence-corrected chi connectivity index (χ0v) is 14.7. The number of carbonyl (C=O) groups is 1.